The molecular weight excluding hydrogens is 426 g/mol. The molecule has 0 saturated heterocycles. The van der Waals surface area contributed by atoms with Gasteiger partial charge in [0.25, 0.3) is 10.9 Å². The molecule has 0 unspecified atom stereocenters. The molecule has 29 heavy (non-hydrogen) atoms. The molecule has 3 N–H and O–H groups in total. The summed E-state index contributed by atoms with van der Waals surface area (Å²) in [6.45, 7) is 1.95. The summed E-state index contributed by atoms with van der Waals surface area (Å²) in [5, 5.41) is 6.78. The lowest BCUT2D eigenvalue weighted by Gasteiger charge is -2.09. The molecule has 3 aromatic rings. The van der Waals surface area contributed by atoms with E-state index in [0.717, 1.165) is 11.3 Å². The van der Waals surface area contributed by atoms with Crippen molar-refractivity contribution in [3.05, 3.63) is 95.0 Å². The molecule has 8 heteroatoms. The predicted octanol–water partition coefficient (Wildman–Crippen LogP) is 2.85. The van der Waals surface area contributed by atoms with Crippen LogP contribution in [0, 0.1) is 6.92 Å². The Bertz CT molecular complexity index is 1150. The van der Waals surface area contributed by atoms with Crippen LogP contribution in [-0.4, -0.2) is 19.4 Å². The third-order valence-corrected chi connectivity index (χ3v) is 5.88. The lowest BCUT2D eigenvalue weighted by atomic mass is 10.2. The van der Waals surface area contributed by atoms with Gasteiger partial charge in [-0.15, -0.1) is 0 Å². The molecular formula is C21H19ClN3O2S2+. The van der Waals surface area contributed by atoms with Gasteiger partial charge in [-0.3, -0.25) is 0 Å². The van der Waals surface area contributed by atoms with E-state index >= 15 is 0 Å². The zero-order valence-electron chi connectivity index (χ0n) is 15.5. The highest BCUT2D eigenvalue weighted by atomic mass is 35.5. The molecule has 3 aromatic carbocycles. The zero-order valence-corrected chi connectivity index (χ0v) is 17.9. The summed E-state index contributed by atoms with van der Waals surface area (Å²) < 4.78 is 28.3. The van der Waals surface area contributed by atoms with Crippen molar-refractivity contribution < 1.29 is 12.8 Å². The fourth-order valence-electron chi connectivity index (χ4n) is 2.55. The van der Waals surface area contributed by atoms with Crippen LogP contribution >= 0.6 is 23.8 Å². The van der Waals surface area contributed by atoms with Crippen molar-refractivity contribution in [2.45, 2.75) is 11.8 Å². The predicted molar refractivity (Wildman–Crippen MR) is 121 cm³/mol. The van der Waals surface area contributed by atoms with Crippen molar-refractivity contribution in [2.75, 3.05) is 5.32 Å². The van der Waals surface area contributed by atoms with Gasteiger partial charge in [0, 0.05) is 10.7 Å². The van der Waals surface area contributed by atoms with Crippen LogP contribution in [0.15, 0.2) is 83.8 Å². The normalized spacial score (nSPS) is 11.7. The minimum Gasteiger partial charge on any atom is -0.313 e. The van der Waals surface area contributed by atoms with Crippen molar-refractivity contribution in [3.8, 4) is 0 Å². The van der Waals surface area contributed by atoms with Crippen LogP contribution in [0.25, 0.3) is 0 Å². The summed E-state index contributed by atoms with van der Waals surface area (Å²) in [6, 6.07) is 22.6. The monoisotopic (exact) mass is 444 g/mol. The Morgan fingerprint density at radius 3 is 2.21 bits per heavy atom. The van der Waals surface area contributed by atoms with Crippen molar-refractivity contribution in [2.24, 2.45) is 0 Å². The van der Waals surface area contributed by atoms with Crippen LogP contribution in [0.3, 0.4) is 0 Å². The molecule has 3 rings (SSSR count). The van der Waals surface area contributed by atoms with Gasteiger partial charge < -0.3 is 5.32 Å². The summed E-state index contributed by atoms with van der Waals surface area (Å²) in [5.74, 6) is 0.242. The Labute approximate surface area is 180 Å². The van der Waals surface area contributed by atoms with Gasteiger partial charge >= 0.3 is 10.0 Å². The molecule has 0 bridgehead atoms. The van der Waals surface area contributed by atoms with Gasteiger partial charge in [0.15, 0.2) is 0 Å². The van der Waals surface area contributed by atoms with Crippen molar-refractivity contribution >= 4 is 50.5 Å². The quantitative estimate of drug-likeness (QED) is 0.328. The number of aryl methyl sites for hydroxylation is 1. The van der Waals surface area contributed by atoms with E-state index in [0.29, 0.717) is 10.6 Å². The van der Waals surface area contributed by atoms with Gasteiger partial charge in [-0.05, 0) is 67.2 Å². The zero-order chi connectivity index (χ0) is 20.9. The second-order valence-corrected chi connectivity index (χ2v) is 8.72. The highest BCUT2D eigenvalue weighted by Gasteiger charge is 2.21. The topological polar surface area (TPSA) is 72.2 Å². The van der Waals surface area contributed by atoms with Crippen LogP contribution in [-0.2, 0) is 10.0 Å². The van der Waals surface area contributed by atoms with Crippen LogP contribution in [0.5, 0.6) is 0 Å². The van der Waals surface area contributed by atoms with Crippen LogP contribution in [0.2, 0.25) is 5.02 Å². The van der Waals surface area contributed by atoms with Gasteiger partial charge in [0.2, 0.25) is 0 Å². The number of amidine groups is 1. The van der Waals surface area contributed by atoms with E-state index in [-0.39, 0.29) is 15.8 Å². The maximum absolute atomic E-state index is 12.8. The summed E-state index contributed by atoms with van der Waals surface area (Å²) in [5.41, 5.74) is 2.48. The molecule has 0 spiro atoms. The van der Waals surface area contributed by atoms with Crippen LogP contribution in [0.4, 0.5) is 5.69 Å². The van der Waals surface area contributed by atoms with Crippen LogP contribution < -0.4 is 15.0 Å². The molecule has 5 nitrogen and oxygen atoms in total. The molecule has 0 saturated carbocycles. The fraction of sp³-hybridized carbons (Fsp3) is 0.0476. The number of hydrogen-bond donors (Lipinski definition) is 3. The Morgan fingerprint density at radius 1 is 0.931 bits per heavy atom. The number of anilines is 1. The SMILES string of the molecule is Cc1ccccc1NC(=S)NC(=[NH+]S(=O)(=O)c1ccc(Cl)cc1)c1ccccc1. The summed E-state index contributed by atoms with van der Waals surface area (Å²) >= 11 is 11.3. The molecule has 0 atom stereocenters. The number of halogens is 1. The molecule has 0 radical (unpaired) electrons. The molecule has 0 heterocycles. The standard InChI is InChI=1S/C21H18ClN3O2S2/c1-15-7-5-6-10-19(15)23-21(28)24-20(16-8-3-2-4-9-16)25-29(26,27)18-13-11-17(22)12-14-18/h2-14H,1H3,(H2,23,24,25,28)/p+1. The first-order chi connectivity index (χ1) is 13.8. The second kappa shape index (κ2) is 9.17. The minimum absolute atomic E-state index is 0.0925. The van der Waals surface area contributed by atoms with Gasteiger partial charge in [-0.2, -0.15) is 12.8 Å². The minimum atomic E-state index is -3.85. The number of hydrogen-bond acceptors (Lipinski definition) is 3. The van der Waals surface area contributed by atoms with Crippen molar-refractivity contribution in [1.82, 2.24) is 5.32 Å². The number of rotatable bonds is 4. The lowest BCUT2D eigenvalue weighted by molar-refractivity contribution is -0.269. The first-order valence-electron chi connectivity index (χ1n) is 8.69. The van der Waals surface area contributed by atoms with Crippen molar-refractivity contribution in [1.29, 1.82) is 0 Å². The average molecular weight is 445 g/mol. The van der Waals surface area contributed by atoms with E-state index in [4.69, 9.17) is 23.8 Å². The van der Waals surface area contributed by atoms with E-state index in [1.54, 1.807) is 12.1 Å². The van der Waals surface area contributed by atoms with Crippen molar-refractivity contribution in [3.63, 3.8) is 0 Å². The summed E-state index contributed by atoms with van der Waals surface area (Å²) in [6.07, 6.45) is 0. The molecule has 0 fully saturated rings. The van der Waals surface area contributed by atoms with E-state index in [1.807, 2.05) is 49.4 Å². The maximum Gasteiger partial charge on any atom is 0.328 e. The van der Waals surface area contributed by atoms with Crippen LogP contribution in [0.1, 0.15) is 11.1 Å². The molecule has 0 aliphatic rings. The molecule has 0 aliphatic carbocycles. The number of para-hydroxylation sites is 1. The smallest absolute Gasteiger partial charge is 0.313 e. The molecule has 0 aromatic heterocycles. The first-order valence-corrected chi connectivity index (χ1v) is 11.0. The van der Waals surface area contributed by atoms with Gasteiger partial charge in [-0.25, -0.2) is 5.32 Å². The second-order valence-electron chi connectivity index (χ2n) is 6.19. The molecule has 0 aliphatic heterocycles. The first kappa shape index (κ1) is 21.0. The molecule has 0 amide bonds. The fourth-order valence-corrected chi connectivity index (χ4v) is 3.94. The van der Waals surface area contributed by atoms with Gasteiger partial charge in [0.1, 0.15) is 4.90 Å². The van der Waals surface area contributed by atoms with E-state index in [1.165, 1.54) is 24.3 Å². The highest BCUT2D eigenvalue weighted by molar-refractivity contribution is 7.84. The third kappa shape index (κ3) is 5.63. The Hall–Kier alpha value is -2.74. The Balaban J connectivity index is 1.93. The number of thiocarbonyl (C=S) groups is 1. The van der Waals surface area contributed by atoms with E-state index in [2.05, 4.69) is 15.0 Å². The highest BCUT2D eigenvalue weighted by Crippen LogP contribution is 2.13. The van der Waals surface area contributed by atoms with E-state index < -0.39 is 10.0 Å². The number of benzene rings is 3. The maximum atomic E-state index is 12.8. The average Bonchev–Trinajstić information content (AvgIpc) is 2.70. The largest absolute Gasteiger partial charge is 0.328 e. The summed E-state index contributed by atoms with van der Waals surface area (Å²) in [7, 11) is -3.85. The van der Waals surface area contributed by atoms with Gasteiger partial charge in [0.05, 0.1) is 5.56 Å². The number of nitrogens with one attached hydrogen (secondary N) is 3. The summed E-state index contributed by atoms with van der Waals surface area (Å²) in [4.78, 5) is 0.0925. The molecule has 148 valence electrons. The Morgan fingerprint density at radius 2 is 1.55 bits per heavy atom. The lowest BCUT2D eigenvalue weighted by Crippen LogP contribution is -2.79. The Kier molecular flexibility index (Phi) is 6.64. The van der Waals surface area contributed by atoms with E-state index in [9.17, 15) is 8.42 Å². The third-order valence-electron chi connectivity index (χ3n) is 4.05. The number of sulfonamides is 1. The van der Waals surface area contributed by atoms with Gasteiger partial charge in [-0.1, -0.05) is 48.0 Å².